The second kappa shape index (κ2) is 5.98. The summed E-state index contributed by atoms with van der Waals surface area (Å²) in [6, 6.07) is 13.5. The third kappa shape index (κ3) is 3.55. The molecule has 3 nitrogen and oxygen atoms in total. The zero-order valence-electron chi connectivity index (χ0n) is 9.19. The smallest absolute Gasteiger partial charge is 0.130 e. The van der Waals surface area contributed by atoms with Crippen molar-refractivity contribution >= 4 is 0 Å². The SMILES string of the molecule is NCc1cccc(Oc2cccc(F)c2)c1.O. The van der Waals surface area contributed by atoms with Gasteiger partial charge >= 0.3 is 0 Å². The number of nitrogens with two attached hydrogens (primary N) is 1. The minimum atomic E-state index is -0.313. The highest BCUT2D eigenvalue weighted by Gasteiger charge is 1.99. The molecular weight excluding hydrogens is 221 g/mol. The molecule has 0 unspecified atom stereocenters. The van der Waals surface area contributed by atoms with Crippen LogP contribution in [0.2, 0.25) is 0 Å². The molecule has 90 valence electrons. The van der Waals surface area contributed by atoms with Crippen molar-refractivity contribution in [2.24, 2.45) is 5.73 Å². The van der Waals surface area contributed by atoms with E-state index in [0.717, 1.165) is 5.56 Å². The van der Waals surface area contributed by atoms with E-state index in [9.17, 15) is 4.39 Å². The van der Waals surface area contributed by atoms with E-state index in [2.05, 4.69) is 0 Å². The maximum atomic E-state index is 12.9. The molecule has 0 fully saturated rings. The van der Waals surface area contributed by atoms with Crippen LogP contribution in [0, 0.1) is 5.82 Å². The van der Waals surface area contributed by atoms with Gasteiger partial charge in [0.05, 0.1) is 0 Å². The van der Waals surface area contributed by atoms with Gasteiger partial charge in [0, 0.05) is 12.6 Å². The van der Waals surface area contributed by atoms with Gasteiger partial charge < -0.3 is 15.9 Å². The van der Waals surface area contributed by atoms with Crippen molar-refractivity contribution in [1.82, 2.24) is 0 Å². The van der Waals surface area contributed by atoms with E-state index in [0.29, 0.717) is 18.0 Å². The largest absolute Gasteiger partial charge is 0.457 e. The maximum absolute atomic E-state index is 12.9. The molecule has 17 heavy (non-hydrogen) atoms. The average molecular weight is 235 g/mol. The van der Waals surface area contributed by atoms with Crippen molar-refractivity contribution in [2.45, 2.75) is 6.54 Å². The Hall–Kier alpha value is -1.91. The molecule has 0 saturated carbocycles. The van der Waals surface area contributed by atoms with Gasteiger partial charge in [0.15, 0.2) is 0 Å². The van der Waals surface area contributed by atoms with Gasteiger partial charge in [-0.05, 0) is 29.8 Å². The van der Waals surface area contributed by atoms with Crippen molar-refractivity contribution < 1.29 is 14.6 Å². The van der Waals surface area contributed by atoms with E-state index >= 15 is 0 Å². The van der Waals surface area contributed by atoms with Crippen LogP contribution in [0.1, 0.15) is 5.56 Å². The summed E-state index contributed by atoms with van der Waals surface area (Å²) >= 11 is 0. The summed E-state index contributed by atoms with van der Waals surface area (Å²) in [6.07, 6.45) is 0. The predicted octanol–water partition coefficient (Wildman–Crippen LogP) is 2.25. The third-order valence-corrected chi connectivity index (χ3v) is 2.17. The fourth-order valence-corrected chi connectivity index (χ4v) is 1.40. The minimum absolute atomic E-state index is 0. The van der Waals surface area contributed by atoms with Gasteiger partial charge in [0.1, 0.15) is 17.3 Å². The van der Waals surface area contributed by atoms with Crippen LogP contribution in [0.4, 0.5) is 4.39 Å². The van der Waals surface area contributed by atoms with Gasteiger partial charge in [-0.15, -0.1) is 0 Å². The Morgan fingerprint density at radius 2 is 1.65 bits per heavy atom. The Balaban J connectivity index is 0.00000144. The molecule has 4 N–H and O–H groups in total. The van der Waals surface area contributed by atoms with Gasteiger partial charge in [0.2, 0.25) is 0 Å². The fourth-order valence-electron chi connectivity index (χ4n) is 1.40. The number of halogens is 1. The summed E-state index contributed by atoms with van der Waals surface area (Å²) in [6.45, 7) is 0.459. The first-order chi connectivity index (χ1) is 7.78. The summed E-state index contributed by atoms with van der Waals surface area (Å²) in [5.41, 5.74) is 6.50. The molecule has 2 rings (SSSR count). The van der Waals surface area contributed by atoms with Crippen LogP contribution in [0.3, 0.4) is 0 Å². The van der Waals surface area contributed by atoms with Crippen LogP contribution >= 0.6 is 0 Å². The predicted molar refractivity (Wildman–Crippen MR) is 64.4 cm³/mol. The quantitative estimate of drug-likeness (QED) is 0.886. The summed E-state index contributed by atoms with van der Waals surface area (Å²) in [7, 11) is 0. The van der Waals surface area contributed by atoms with Gasteiger partial charge in [-0.3, -0.25) is 0 Å². The third-order valence-electron chi connectivity index (χ3n) is 2.17. The van der Waals surface area contributed by atoms with E-state index in [-0.39, 0.29) is 11.3 Å². The lowest BCUT2D eigenvalue weighted by Crippen LogP contribution is -1.96. The topological polar surface area (TPSA) is 66.8 Å². The number of hydrogen-bond donors (Lipinski definition) is 1. The van der Waals surface area contributed by atoms with Crippen molar-refractivity contribution in [2.75, 3.05) is 0 Å². The Morgan fingerprint density at radius 3 is 2.29 bits per heavy atom. The number of benzene rings is 2. The molecule has 2 aromatic carbocycles. The van der Waals surface area contributed by atoms with Crippen LogP contribution in [-0.2, 0) is 6.54 Å². The van der Waals surface area contributed by atoms with Crippen molar-refractivity contribution in [3.8, 4) is 11.5 Å². The maximum Gasteiger partial charge on any atom is 0.130 e. The second-order valence-corrected chi connectivity index (χ2v) is 3.41. The van der Waals surface area contributed by atoms with Gasteiger partial charge in [-0.25, -0.2) is 4.39 Å². The molecule has 0 aliphatic carbocycles. The molecule has 0 radical (unpaired) electrons. The van der Waals surface area contributed by atoms with Crippen LogP contribution in [0.15, 0.2) is 48.5 Å². The van der Waals surface area contributed by atoms with Crippen molar-refractivity contribution in [3.05, 3.63) is 59.9 Å². The zero-order chi connectivity index (χ0) is 11.4. The van der Waals surface area contributed by atoms with Crippen molar-refractivity contribution in [1.29, 1.82) is 0 Å². The standard InChI is InChI=1S/C13H12FNO.H2O/c14-11-4-2-6-13(8-11)16-12-5-1-3-10(7-12)9-15;/h1-8H,9,15H2;1H2. The van der Waals surface area contributed by atoms with Crippen LogP contribution < -0.4 is 10.5 Å². The highest BCUT2D eigenvalue weighted by Crippen LogP contribution is 2.22. The molecule has 0 aliphatic heterocycles. The normalized spacial score (nSPS) is 9.53. The molecular formula is C13H14FNO2. The van der Waals surface area contributed by atoms with Crippen molar-refractivity contribution in [3.63, 3.8) is 0 Å². The summed E-state index contributed by atoms with van der Waals surface area (Å²) in [5, 5.41) is 0. The number of ether oxygens (including phenoxy) is 1. The fraction of sp³-hybridized carbons (Fsp3) is 0.0769. The van der Waals surface area contributed by atoms with Crippen LogP contribution in [0.25, 0.3) is 0 Å². The minimum Gasteiger partial charge on any atom is -0.457 e. The molecule has 0 heterocycles. The highest BCUT2D eigenvalue weighted by atomic mass is 19.1. The summed E-state index contributed by atoms with van der Waals surface area (Å²) in [4.78, 5) is 0. The first-order valence-electron chi connectivity index (χ1n) is 5.00. The second-order valence-electron chi connectivity index (χ2n) is 3.41. The molecule has 4 heteroatoms. The van der Waals surface area contributed by atoms with E-state index < -0.39 is 0 Å². The van der Waals surface area contributed by atoms with E-state index in [1.54, 1.807) is 12.1 Å². The van der Waals surface area contributed by atoms with Crippen LogP contribution in [0.5, 0.6) is 11.5 Å². The summed E-state index contributed by atoms with van der Waals surface area (Å²) in [5.74, 6) is 0.829. The molecule has 0 amide bonds. The first kappa shape index (κ1) is 13.2. The molecule has 2 aromatic rings. The molecule has 0 atom stereocenters. The lowest BCUT2D eigenvalue weighted by atomic mass is 10.2. The lowest BCUT2D eigenvalue weighted by Gasteiger charge is -2.06. The molecule has 0 aliphatic rings. The molecule has 0 saturated heterocycles. The van der Waals surface area contributed by atoms with Gasteiger partial charge in [0.25, 0.3) is 0 Å². The first-order valence-corrected chi connectivity index (χ1v) is 5.00. The van der Waals surface area contributed by atoms with E-state index in [1.807, 2.05) is 24.3 Å². The Morgan fingerprint density at radius 1 is 1.00 bits per heavy atom. The highest BCUT2D eigenvalue weighted by molar-refractivity contribution is 5.34. The molecule has 0 bridgehead atoms. The zero-order valence-corrected chi connectivity index (χ0v) is 9.19. The molecule has 0 spiro atoms. The summed E-state index contributed by atoms with van der Waals surface area (Å²) < 4.78 is 18.4. The van der Waals surface area contributed by atoms with E-state index in [4.69, 9.17) is 10.5 Å². The Bertz CT molecular complexity index is 488. The average Bonchev–Trinajstić information content (AvgIpc) is 2.29. The van der Waals surface area contributed by atoms with Gasteiger partial charge in [-0.1, -0.05) is 18.2 Å². The number of hydrogen-bond acceptors (Lipinski definition) is 2. The van der Waals surface area contributed by atoms with E-state index in [1.165, 1.54) is 12.1 Å². The Labute approximate surface area is 99.0 Å². The number of rotatable bonds is 3. The molecule has 0 aromatic heterocycles. The monoisotopic (exact) mass is 235 g/mol. The lowest BCUT2D eigenvalue weighted by molar-refractivity contribution is 0.476. The Kier molecular flexibility index (Phi) is 4.63. The van der Waals surface area contributed by atoms with Gasteiger partial charge in [-0.2, -0.15) is 0 Å². The van der Waals surface area contributed by atoms with Crippen LogP contribution in [-0.4, -0.2) is 5.48 Å².